The van der Waals surface area contributed by atoms with Gasteiger partial charge in [0.1, 0.15) is 17.3 Å². The van der Waals surface area contributed by atoms with Gasteiger partial charge in [-0.1, -0.05) is 18.5 Å². The third-order valence-electron chi connectivity index (χ3n) is 2.63. The molecule has 0 aromatic heterocycles. The molecule has 0 atom stereocenters. The molecule has 0 aliphatic heterocycles. The lowest BCUT2D eigenvalue weighted by atomic mass is 10.2. The van der Waals surface area contributed by atoms with Crippen LogP contribution in [0.2, 0.25) is 5.02 Å². The molecule has 5 heteroatoms. The molecule has 0 saturated heterocycles. The van der Waals surface area contributed by atoms with Crippen LogP contribution in [0.25, 0.3) is 0 Å². The lowest BCUT2D eigenvalue weighted by Crippen LogP contribution is -2.11. The van der Waals surface area contributed by atoms with Gasteiger partial charge < -0.3 is 10.1 Å². The van der Waals surface area contributed by atoms with Crippen LogP contribution in [-0.2, 0) is 6.54 Å². The van der Waals surface area contributed by atoms with Crippen LogP contribution in [0.1, 0.15) is 12.5 Å². The molecule has 0 amide bonds. The van der Waals surface area contributed by atoms with Gasteiger partial charge in [0, 0.05) is 17.6 Å². The van der Waals surface area contributed by atoms with Gasteiger partial charge in [-0.3, -0.25) is 0 Å². The van der Waals surface area contributed by atoms with E-state index < -0.39 is 0 Å². The van der Waals surface area contributed by atoms with Crippen molar-refractivity contribution in [2.75, 3.05) is 6.54 Å². The SMILES string of the molecule is CCNCc1cc(F)cc(Oc2ccc(Cl)cc2Br)c1. The van der Waals surface area contributed by atoms with E-state index in [1.54, 1.807) is 18.2 Å². The van der Waals surface area contributed by atoms with E-state index in [9.17, 15) is 4.39 Å². The van der Waals surface area contributed by atoms with Gasteiger partial charge in [-0.05, 0) is 58.4 Å². The number of benzene rings is 2. The van der Waals surface area contributed by atoms with Crippen molar-refractivity contribution >= 4 is 27.5 Å². The van der Waals surface area contributed by atoms with Crippen molar-refractivity contribution in [1.82, 2.24) is 5.32 Å². The number of halogens is 3. The smallest absolute Gasteiger partial charge is 0.141 e. The standard InChI is InChI=1S/C15H14BrClFNO/c1-2-19-9-10-5-12(18)8-13(6-10)20-15-4-3-11(17)7-14(15)16/h3-8,19H,2,9H2,1H3. The summed E-state index contributed by atoms with van der Waals surface area (Å²) in [6.45, 7) is 3.43. The van der Waals surface area contributed by atoms with E-state index in [0.717, 1.165) is 16.6 Å². The maximum absolute atomic E-state index is 13.6. The topological polar surface area (TPSA) is 21.3 Å². The zero-order chi connectivity index (χ0) is 14.5. The summed E-state index contributed by atoms with van der Waals surface area (Å²) < 4.78 is 20.0. The second kappa shape index (κ2) is 7.07. The zero-order valence-corrected chi connectivity index (χ0v) is 13.3. The summed E-state index contributed by atoms with van der Waals surface area (Å²) in [5, 5.41) is 3.76. The quantitative estimate of drug-likeness (QED) is 0.798. The fourth-order valence-electron chi connectivity index (χ4n) is 1.74. The first-order valence-electron chi connectivity index (χ1n) is 6.21. The summed E-state index contributed by atoms with van der Waals surface area (Å²) in [6.07, 6.45) is 0. The van der Waals surface area contributed by atoms with Crippen LogP contribution >= 0.6 is 27.5 Å². The van der Waals surface area contributed by atoms with Crippen molar-refractivity contribution in [3.05, 3.63) is 57.3 Å². The highest BCUT2D eigenvalue weighted by Crippen LogP contribution is 2.32. The van der Waals surface area contributed by atoms with Gasteiger partial charge in [-0.25, -0.2) is 4.39 Å². The molecule has 2 aromatic carbocycles. The Hall–Kier alpha value is -1.10. The van der Waals surface area contributed by atoms with E-state index in [1.807, 2.05) is 13.0 Å². The van der Waals surface area contributed by atoms with Gasteiger partial charge in [0.05, 0.1) is 4.47 Å². The van der Waals surface area contributed by atoms with Crippen LogP contribution in [0.15, 0.2) is 40.9 Å². The van der Waals surface area contributed by atoms with Crippen LogP contribution in [0.3, 0.4) is 0 Å². The minimum atomic E-state index is -0.319. The molecule has 2 rings (SSSR count). The molecule has 2 aromatic rings. The Labute approximate surface area is 131 Å². The second-order valence-electron chi connectivity index (χ2n) is 4.25. The number of hydrogen-bond acceptors (Lipinski definition) is 2. The molecule has 1 N–H and O–H groups in total. The Morgan fingerprint density at radius 1 is 1.25 bits per heavy atom. The highest BCUT2D eigenvalue weighted by atomic mass is 79.9. The molecule has 0 aliphatic carbocycles. The van der Waals surface area contributed by atoms with Gasteiger partial charge in [0.15, 0.2) is 0 Å². The van der Waals surface area contributed by atoms with Gasteiger partial charge >= 0.3 is 0 Å². The van der Waals surface area contributed by atoms with Gasteiger partial charge in [-0.15, -0.1) is 0 Å². The maximum atomic E-state index is 13.6. The molecule has 106 valence electrons. The summed E-state index contributed by atoms with van der Waals surface area (Å²) in [5.41, 5.74) is 0.840. The highest BCUT2D eigenvalue weighted by molar-refractivity contribution is 9.10. The summed E-state index contributed by atoms with van der Waals surface area (Å²) in [4.78, 5) is 0. The predicted octanol–water partition coefficient (Wildman–Crippen LogP) is 5.14. The number of ether oxygens (including phenoxy) is 1. The van der Waals surface area contributed by atoms with Crippen LogP contribution < -0.4 is 10.1 Å². The van der Waals surface area contributed by atoms with Crippen LogP contribution in [0.4, 0.5) is 4.39 Å². The van der Waals surface area contributed by atoms with Crippen molar-refractivity contribution in [3.63, 3.8) is 0 Å². The third kappa shape index (κ3) is 4.20. The molecule has 20 heavy (non-hydrogen) atoms. The second-order valence-corrected chi connectivity index (χ2v) is 5.54. The summed E-state index contributed by atoms with van der Waals surface area (Å²) in [5.74, 6) is 0.732. The number of rotatable bonds is 5. The lowest BCUT2D eigenvalue weighted by Gasteiger charge is -2.10. The largest absolute Gasteiger partial charge is 0.456 e. The first-order chi connectivity index (χ1) is 9.58. The normalized spacial score (nSPS) is 10.6. The molecule has 0 aliphatic rings. The number of hydrogen-bond donors (Lipinski definition) is 1. The predicted molar refractivity (Wildman–Crippen MR) is 83.0 cm³/mol. The van der Waals surface area contributed by atoms with Crippen molar-refractivity contribution in [2.24, 2.45) is 0 Å². The Balaban J connectivity index is 2.21. The maximum Gasteiger partial charge on any atom is 0.141 e. The van der Waals surface area contributed by atoms with E-state index >= 15 is 0 Å². The van der Waals surface area contributed by atoms with E-state index in [-0.39, 0.29) is 5.82 Å². The van der Waals surface area contributed by atoms with E-state index in [1.165, 1.54) is 12.1 Å². The number of nitrogens with one attached hydrogen (secondary N) is 1. The molecule has 0 fully saturated rings. The fourth-order valence-corrected chi connectivity index (χ4v) is 2.50. The van der Waals surface area contributed by atoms with Crippen molar-refractivity contribution < 1.29 is 9.13 Å². The van der Waals surface area contributed by atoms with Crippen molar-refractivity contribution in [1.29, 1.82) is 0 Å². The lowest BCUT2D eigenvalue weighted by molar-refractivity contribution is 0.472. The highest BCUT2D eigenvalue weighted by Gasteiger charge is 2.06. The Morgan fingerprint density at radius 2 is 2.05 bits per heavy atom. The van der Waals surface area contributed by atoms with Crippen molar-refractivity contribution in [2.45, 2.75) is 13.5 Å². The Morgan fingerprint density at radius 3 is 2.75 bits per heavy atom. The molecule has 2 nitrogen and oxygen atoms in total. The Bertz CT molecular complexity index is 606. The molecular weight excluding hydrogens is 345 g/mol. The average Bonchev–Trinajstić information content (AvgIpc) is 2.39. The van der Waals surface area contributed by atoms with E-state index in [2.05, 4.69) is 21.2 Å². The van der Waals surface area contributed by atoms with Crippen LogP contribution in [-0.4, -0.2) is 6.54 Å². The van der Waals surface area contributed by atoms with Crippen LogP contribution in [0, 0.1) is 5.82 Å². The minimum absolute atomic E-state index is 0.319. The molecular formula is C15H14BrClFNO. The molecule has 0 spiro atoms. The fraction of sp³-hybridized carbons (Fsp3) is 0.200. The van der Waals surface area contributed by atoms with Gasteiger partial charge in [0.2, 0.25) is 0 Å². The summed E-state index contributed by atoms with van der Waals surface area (Å²) in [7, 11) is 0. The van der Waals surface area contributed by atoms with Crippen LogP contribution in [0.5, 0.6) is 11.5 Å². The Kier molecular flexibility index (Phi) is 5.40. The monoisotopic (exact) mass is 357 g/mol. The summed E-state index contributed by atoms with van der Waals surface area (Å²) in [6, 6.07) is 9.85. The molecule has 0 heterocycles. The molecule has 0 saturated carbocycles. The molecule has 0 unspecified atom stereocenters. The van der Waals surface area contributed by atoms with Gasteiger partial charge in [0.25, 0.3) is 0 Å². The van der Waals surface area contributed by atoms with Crippen molar-refractivity contribution in [3.8, 4) is 11.5 Å². The van der Waals surface area contributed by atoms with E-state index in [0.29, 0.717) is 23.1 Å². The third-order valence-corrected chi connectivity index (χ3v) is 3.49. The minimum Gasteiger partial charge on any atom is -0.456 e. The summed E-state index contributed by atoms with van der Waals surface area (Å²) >= 11 is 9.24. The first-order valence-corrected chi connectivity index (χ1v) is 7.38. The zero-order valence-electron chi connectivity index (χ0n) is 10.9. The molecule has 0 radical (unpaired) electrons. The van der Waals surface area contributed by atoms with E-state index in [4.69, 9.17) is 16.3 Å². The average molecular weight is 359 g/mol. The van der Waals surface area contributed by atoms with Gasteiger partial charge in [-0.2, -0.15) is 0 Å². The first kappa shape index (κ1) is 15.3. The molecule has 0 bridgehead atoms.